The maximum Gasteiger partial charge on any atom is 0.169 e. The summed E-state index contributed by atoms with van der Waals surface area (Å²) in [6.45, 7) is 0. The number of rotatable bonds is 3. The Morgan fingerprint density at radius 2 is 2.25 bits per heavy atom. The van der Waals surface area contributed by atoms with Crippen molar-refractivity contribution in [2.45, 2.75) is 12.5 Å². The van der Waals surface area contributed by atoms with Gasteiger partial charge in [0.25, 0.3) is 0 Å². The van der Waals surface area contributed by atoms with Gasteiger partial charge in [-0.3, -0.25) is 4.79 Å². The van der Waals surface area contributed by atoms with E-state index in [1.807, 2.05) is 30.4 Å². The smallest absolute Gasteiger partial charge is 0.169 e. The first-order valence-electron chi connectivity index (χ1n) is 5.33. The minimum Gasteiger partial charge on any atom is -0.497 e. The van der Waals surface area contributed by atoms with Crippen LogP contribution < -0.4 is 10.5 Å². The van der Waals surface area contributed by atoms with Gasteiger partial charge >= 0.3 is 0 Å². The number of allylic oxidation sites excluding steroid dienone is 1. The second kappa shape index (κ2) is 4.49. The Morgan fingerprint density at radius 3 is 2.88 bits per heavy atom. The summed E-state index contributed by atoms with van der Waals surface area (Å²) >= 11 is 0. The highest BCUT2D eigenvalue weighted by Gasteiger charge is 2.23. The summed E-state index contributed by atoms with van der Waals surface area (Å²) in [4.78, 5) is 12.1. The van der Waals surface area contributed by atoms with Gasteiger partial charge in [0.2, 0.25) is 0 Å². The number of hydrogen-bond donors (Lipinski definition) is 1. The molecule has 0 amide bonds. The molecule has 2 rings (SSSR count). The van der Waals surface area contributed by atoms with Crippen LogP contribution >= 0.6 is 0 Å². The molecule has 0 fully saturated rings. The van der Waals surface area contributed by atoms with Gasteiger partial charge in [-0.05, 0) is 18.6 Å². The van der Waals surface area contributed by atoms with Crippen LogP contribution in [0.1, 0.15) is 16.8 Å². The van der Waals surface area contributed by atoms with Gasteiger partial charge in [-0.25, -0.2) is 0 Å². The number of hydrogen-bond acceptors (Lipinski definition) is 3. The van der Waals surface area contributed by atoms with Crippen LogP contribution in [0.3, 0.4) is 0 Å². The molecule has 0 saturated heterocycles. The standard InChI is InChI=1S/C13H15NO2/c1-16-12-4-2-3-9(8-12)13(15)10-5-6-11(14)7-10/h2-6,8,10-11H,7,14H2,1H3. The average Bonchev–Trinajstić information content (AvgIpc) is 2.75. The zero-order chi connectivity index (χ0) is 11.5. The molecule has 3 heteroatoms. The molecule has 1 aromatic rings. The van der Waals surface area contributed by atoms with Gasteiger partial charge in [0.05, 0.1) is 7.11 Å². The Morgan fingerprint density at radius 1 is 1.44 bits per heavy atom. The van der Waals surface area contributed by atoms with Crippen molar-refractivity contribution >= 4 is 5.78 Å². The van der Waals surface area contributed by atoms with Crippen LogP contribution in [0.15, 0.2) is 36.4 Å². The number of Topliss-reactive ketones (excluding diaryl/α,β-unsaturated/α-hetero) is 1. The SMILES string of the molecule is COc1cccc(C(=O)C2C=CC(N)C2)c1. The first-order valence-corrected chi connectivity index (χ1v) is 5.33. The molecule has 84 valence electrons. The van der Waals surface area contributed by atoms with E-state index in [-0.39, 0.29) is 17.7 Å². The molecule has 2 atom stereocenters. The predicted octanol–water partition coefficient (Wildman–Crippen LogP) is 1.78. The third kappa shape index (κ3) is 2.14. The zero-order valence-corrected chi connectivity index (χ0v) is 9.22. The minimum atomic E-state index is -0.0814. The molecule has 2 N–H and O–H groups in total. The Labute approximate surface area is 94.9 Å². The van der Waals surface area contributed by atoms with E-state index in [2.05, 4.69) is 0 Å². The van der Waals surface area contributed by atoms with Crippen LogP contribution in [0.4, 0.5) is 0 Å². The van der Waals surface area contributed by atoms with Gasteiger partial charge < -0.3 is 10.5 Å². The third-order valence-electron chi connectivity index (χ3n) is 2.81. The van der Waals surface area contributed by atoms with Crippen molar-refractivity contribution in [3.63, 3.8) is 0 Å². The van der Waals surface area contributed by atoms with Crippen LogP contribution in [0, 0.1) is 5.92 Å². The summed E-state index contributed by atoms with van der Waals surface area (Å²) in [6, 6.07) is 7.24. The zero-order valence-electron chi connectivity index (χ0n) is 9.22. The monoisotopic (exact) mass is 217 g/mol. The lowest BCUT2D eigenvalue weighted by molar-refractivity contribution is 0.0942. The molecular weight excluding hydrogens is 202 g/mol. The van der Waals surface area contributed by atoms with Crippen LogP contribution in [0.5, 0.6) is 5.75 Å². The summed E-state index contributed by atoms with van der Waals surface area (Å²) in [5.41, 5.74) is 6.42. The van der Waals surface area contributed by atoms with Crippen molar-refractivity contribution in [2.75, 3.05) is 7.11 Å². The molecule has 0 bridgehead atoms. The summed E-state index contributed by atoms with van der Waals surface area (Å²) in [5.74, 6) is 0.738. The number of ketones is 1. The van der Waals surface area contributed by atoms with Crippen molar-refractivity contribution in [3.05, 3.63) is 42.0 Å². The molecule has 0 spiro atoms. The molecule has 0 aliphatic heterocycles. The highest BCUT2D eigenvalue weighted by molar-refractivity contribution is 5.99. The lowest BCUT2D eigenvalue weighted by atomic mass is 9.96. The maximum atomic E-state index is 12.1. The number of ether oxygens (including phenoxy) is 1. The van der Waals surface area contributed by atoms with Crippen LogP contribution in [0.25, 0.3) is 0 Å². The summed E-state index contributed by atoms with van der Waals surface area (Å²) < 4.78 is 5.09. The van der Waals surface area contributed by atoms with E-state index in [4.69, 9.17) is 10.5 Å². The van der Waals surface area contributed by atoms with Gasteiger partial charge in [0, 0.05) is 17.5 Å². The molecule has 3 nitrogen and oxygen atoms in total. The van der Waals surface area contributed by atoms with Crippen molar-refractivity contribution in [3.8, 4) is 5.75 Å². The van der Waals surface area contributed by atoms with E-state index < -0.39 is 0 Å². The Hall–Kier alpha value is -1.61. The highest BCUT2D eigenvalue weighted by Crippen LogP contribution is 2.23. The third-order valence-corrected chi connectivity index (χ3v) is 2.81. The summed E-state index contributed by atoms with van der Waals surface area (Å²) in [7, 11) is 1.59. The van der Waals surface area contributed by atoms with Gasteiger partial charge in [-0.15, -0.1) is 0 Å². The normalized spacial score (nSPS) is 23.4. The molecule has 0 radical (unpaired) electrons. The van der Waals surface area contributed by atoms with Crippen molar-refractivity contribution < 1.29 is 9.53 Å². The highest BCUT2D eigenvalue weighted by atomic mass is 16.5. The van der Waals surface area contributed by atoms with E-state index in [1.165, 1.54) is 0 Å². The van der Waals surface area contributed by atoms with Gasteiger partial charge in [-0.1, -0.05) is 24.3 Å². The first kappa shape index (κ1) is 10.9. The van der Waals surface area contributed by atoms with Crippen LogP contribution in [-0.2, 0) is 0 Å². The fraction of sp³-hybridized carbons (Fsp3) is 0.308. The number of carbonyl (C=O) groups is 1. The van der Waals surface area contributed by atoms with Crippen LogP contribution in [-0.4, -0.2) is 18.9 Å². The molecule has 0 heterocycles. The van der Waals surface area contributed by atoms with E-state index >= 15 is 0 Å². The first-order chi connectivity index (χ1) is 7.70. The fourth-order valence-corrected chi connectivity index (χ4v) is 1.91. The number of nitrogens with two attached hydrogens (primary N) is 1. The molecular formula is C13H15NO2. The van der Waals surface area contributed by atoms with Crippen LogP contribution in [0.2, 0.25) is 0 Å². The Kier molecular flexibility index (Phi) is 3.06. The number of methoxy groups -OCH3 is 1. The molecule has 1 aliphatic carbocycles. The summed E-state index contributed by atoms with van der Waals surface area (Å²) in [6.07, 6.45) is 4.49. The topological polar surface area (TPSA) is 52.3 Å². The van der Waals surface area contributed by atoms with E-state index in [9.17, 15) is 4.79 Å². The second-order valence-corrected chi connectivity index (χ2v) is 3.99. The number of benzene rings is 1. The number of carbonyl (C=O) groups excluding carboxylic acids is 1. The maximum absolute atomic E-state index is 12.1. The molecule has 0 saturated carbocycles. The molecule has 1 aromatic carbocycles. The Balaban J connectivity index is 2.17. The average molecular weight is 217 g/mol. The minimum absolute atomic E-state index is 0.0135. The predicted molar refractivity (Wildman–Crippen MR) is 62.5 cm³/mol. The fourth-order valence-electron chi connectivity index (χ4n) is 1.91. The van der Waals surface area contributed by atoms with Gasteiger partial charge in [0.15, 0.2) is 5.78 Å². The van der Waals surface area contributed by atoms with E-state index in [0.29, 0.717) is 17.7 Å². The lowest BCUT2D eigenvalue weighted by Crippen LogP contribution is -2.19. The molecule has 1 aliphatic rings. The van der Waals surface area contributed by atoms with E-state index in [0.717, 1.165) is 0 Å². The second-order valence-electron chi connectivity index (χ2n) is 3.99. The molecule has 16 heavy (non-hydrogen) atoms. The van der Waals surface area contributed by atoms with Gasteiger partial charge in [0.1, 0.15) is 5.75 Å². The quantitative estimate of drug-likeness (QED) is 0.620. The largest absolute Gasteiger partial charge is 0.497 e. The summed E-state index contributed by atoms with van der Waals surface area (Å²) in [5, 5.41) is 0. The Bertz CT molecular complexity index is 426. The van der Waals surface area contributed by atoms with E-state index in [1.54, 1.807) is 13.2 Å². The molecule has 2 unspecified atom stereocenters. The molecule has 0 aromatic heterocycles. The van der Waals surface area contributed by atoms with Crippen molar-refractivity contribution in [2.24, 2.45) is 11.7 Å². The van der Waals surface area contributed by atoms with Gasteiger partial charge in [-0.2, -0.15) is 0 Å². The van der Waals surface area contributed by atoms with Crippen molar-refractivity contribution in [1.82, 2.24) is 0 Å². The lowest BCUT2D eigenvalue weighted by Gasteiger charge is -2.09. The van der Waals surface area contributed by atoms with Crippen molar-refractivity contribution in [1.29, 1.82) is 0 Å².